The summed E-state index contributed by atoms with van der Waals surface area (Å²) in [6, 6.07) is 15.9. The van der Waals surface area contributed by atoms with Crippen LogP contribution in [0, 0.1) is 0 Å². The standard InChI is InChI=1S/C15H10BrNOS/c16-12-6-5-11(9-18)14(8-12)19-15-7-10-3-1-2-4-13(10)17-15/h1-9,17H. The van der Waals surface area contributed by atoms with E-state index in [1.54, 1.807) is 11.8 Å². The Kier molecular flexibility index (Phi) is 3.44. The van der Waals surface area contributed by atoms with E-state index >= 15 is 0 Å². The van der Waals surface area contributed by atoms with E-state index in [0.717, 1.165) is 26.2 Å². The normalized spacial score (nSPS) is 10.8. The number of fused-ring (bicyclic) bond motifs is 1. The van der Waals surface area contributed by atoms with Crippen molar-refractivity contribution in [3.05, 3.63) is 58.6 Å². The number of rotatable bonds is 3. The van der Waals surface area contributed by atoms with Crippen LogP contribution in [0.4, 0.5) is 0 Å². The van der Waals surface area contributed by atoms with Crippen LogP contribution in [0.15, 0.2) is 62.9 Å². The van der Waals surface area contributed by atoms with Gasteiger partial charge in [0.2, 0.25) is 0 Å². The number of hydrogen-bond donors (Lipinski definition) is 1. The van der Waals surface area contributed by atoms with Gasteiger partial charge in [-0.2, -0.15) is 0 Å². The van der Waals surface area contributed by atoms with Gasteiger partial charge in [-0.05, 0) is 30.3 Å². The van der Waals surface area contributed by atoms with E-state index in [1.807, 2.05) is 36.4 Å². The Hall–Kier alpha value is -1.52. The lowest BCUT2D eigenvalue weighted by Crippen LogP contribution is -1.85. The third kappa shape index (κ3) is 2.60. The first-order chi connectivity index (χ1) is 9.26. The lowest BCUT2D eigenvalue weighted by Gasteiger charge is -2.03. The summed E-state index contributed by atoms with van der Waals surface area (Å²) in [6.07, 6.45) is 0.886. The molecule has 3 rings (SSSR count). The van der Waals surface area contributed by atoms with Gasteiger partial charge in [-0.3, -0.25) is 4.79 Å². The van der Waals surface area contributed by atoms with Crippen LogP contribution in [0.5, 0.6) is 0 Å². The smallest absolute Gasteiger partial charge is 0.151 e. The van der Waals surface area contributed by atoms with Gasteiger partial charge in [0.25, 0.3) is 0 Å². The van der Waals surface area contributed by atoms with Crippen LogP contribution < -0.4 is 0 Å². The molecule has 0 atom stereocenters. The SMILES string of the molecule is O=Cc1ccc(Br)cc1Sc1cc2ccccc2[nH]1. The molecule has 94 valence electrons. The number of para-hydroxylation sites is 1. The molecular formula is C15H10BrNOS. The molecule has 1 heterocycles. The van der Waals surface area contributed by atoms with E-state index in [4.69, 9.17) is 0 Å². The Morgan fingerprint density at radius 2 is 1.95 bits per heavy atom. The largest absolute Gasteiger partial charge is 0.349 e. The zero-order chi connectivity index (χ0) is 13.2. The molecule has 2 nitrogen and oxygen atoms in total. The molecule has 2 aromatic carbocycles. The Labute approximate surface area is 123 Å². The minimum Gasteiger partial charge on any atom is -0.349 e. The first-order valence-electron chi connectivity index (χ1n) is 5.76. The molecule has 0 spiro atoms. The van der Waals surface area contributed by atoms with E-state index in [-0.39, 0.29) is 0 Å². The lowest BCUT2D eigenvalue weighted by molar-refractivity contribution is 0.112. The van der Waals surface area contributed by atoms with E-state index in [2.05, 4.69) is 33.0 Å². The van der Waals surface area contributed by atoms with Crippen molar-refractivity contribution < 1.29 is 4.79 Å². The van der Waals surface area contributed by atoms with Crippen molar-refractivity contribution in [3.8, 4) is 0 Å². The average molecular weight is 332 g/mol. The van der Waals surface area contributed by atoms with Crippen LogP contribution >= 0.6 is 27.7 Å². The molecule has 0 aliphatic heterocycles. The van der Waals surface area contributed by atoms with Gasteiger partial charge in [0, 0.05) is 25.8 Å². The number of hydrogen-bond acceptors (Lipinski definition) is 2. The minimum atomic E-state index is 0.701. The number of H-pyrrole nitrogens is 1. The molecule has 0 aliphatic rings. The van der Waals surface area contributed by atoms with Crippen molar-refractivity contribution in [2.24, 2.45) is 0 Å². The Morgan fingerprint density at radius 1 is 1.11 bits per heavy atom. The number of aromatic nitrogens is 1. The molecule has 0 fully saturated rings. The average Bonchev–Trinajstić information content (AvgIpc) is 2.81. The van der Waals surface area contributed by atoms with Gasteiger partial charge in [-0.15, -0.1) is 0 Å². The van der Waals surface area contributed by atoms with Crippen molar-refractivity contribution in [1.82, 2.24) is 4.98 Å². The van der Waals surface area contributed by atoms with Crippen molar-refractivity contribution in [3.63, 3.8) is 0 Å². The summed E-state index contributed by atoms with van der Waals surface area (Å²) in [6.45, 7) is 0. The number of nitrogens with one attached hydrogen (secondary N) is 1. The van der Waals surface area contributed by atoms with Gasteiger partial charge in [0.1, 0.15) is 0 Å². The molecule has 4 heteroatoms. The van der Waals surface area contributed by atoms with E-state index in [9.17, 15) is 4.79 Å². The molecule has 3 aromatic rings. The molecule has 0 saturated carbocycles. The summed E-state index contributed by atoms with van der Waals surface area (Å²) in [5, 5.41) is 2.20. The van der Waals surface area contributed by atoms with Crippen LogP contribution in [-0.4, -0.2) is 11.3 Å². The highest BCUT2D eigenvalue weighted by Crippen LogP contribution is 2.33. The highest BCUT2D eigenvalue weighted by atomic mass is 79.9. The molecule has 0 unspecified atom stereocenters. The third-order valence-electron chi connectivity index (χ3n) is 2.83. The maximum absolute atomic E-state index is 11.1. The van der Waals surface area contributed by atoms with Crippen LogP contribution in [-0.2, 0) is 0 Å². The van der Waals surface area contributed by atoms with Crippen LogP contribution in [0.2, 0.25) is 0 Å². The predicted molar refractivity (Wildman–Crippen MR) is 82.0 cm³/mol. The molecule has 0 aliphatic carbocycles. The minimum absolute atomic E-state index is 0.701. The molecule has 0 bridgehead atoms. The number of aldehydes is 1. The highest BCUT2D eigenvalue weighted by Gasteiger charge is 2.07. The summed E-state index contributed by atoms with van der Waals surface area (Å²) in [5.41, 5.74) is 1.81. The molecule has 1 N–H and O–H groups in total. The number of benzene rings is 2. The monoisotopic (exact) mass is 331 g/mol. The second-order valence-corrected chi connectivity index (χ2v) is 6.12. The molecule has 0 amide bonds. The van der Waals surface area contributed by atoms with Gasteiger partial charge < -0.3 is 4.98 Å². The van der Waals surface area contributed by atoms with Gasteiger partial charge in [-0.25, -0.2) is 0 Å². The fourth-order valence-corrected chi connectivity index (χ4v) is 3.43. The lowest BCUT2D eigenvalue weighted by atomic mass is 10.2. The first-order valence-corrected chi connectivity index (χ1v) is 7.37. The second kappa shape index (κ2) is 5.23. The quantitative estimate of drug-likeness (QED) is 0.693. The first kappa shape index (κ1) is 12.5. The fourth-order valence-electron chi connectivity index (χ4n) is 1.91. The predicted octanol–water partition coefficient (Wildman–Crippen LogP) is 4.89. The number of carbonyl (C=O) groups is 1. The van der Waals surface area contributed by atoms with Crippen LogP contribution in [0.3, 0.4) is 0 Å². The molecule has 0 saturated heterocycles. The Morgan fingerprint density at radius 3 is 2.74 bits per heavy atom. The van der Waals surface area contributed by atoms with Crippen molar-refractivity contribution in [2.75, 3.05) is 0 Å². The summed E-state index contributed by atoms with van der Waals surface area (Å²) in [4.78, 5) is 15.3. The summed E-state index contributed by atoms with van der Waals surface area (Å²) in [7, 11) is 0. The number of aromatic amines is 1. The van der Waals surface area contributed by atoms with Crippen molar-refractivity contribution >= 4 is 44.9 Å². The second-order valence-electron chi connectivity index (χ2n) is 4.12. The number of carbonyl (C=O) groups excluding carboxylic acids is 1. The van der Waals surface area contributed by atoms with Gasteiger partial charge in [-0.1, -0.05) is 45.9 Å². The molecule has 19 heavy (non-hydrogen) atoms. The zero-order valence-corrected chi connectivity index (χ0v) is 12.3. The van der Waals surface area contributed by atoms with Crippen LogP contribution in [0.1, 0.15) is 10.4 Å². The van der Waals surface area contributed by atoms with E-state index < -0.39 is 0 Å². The zero-order valence-electron chi connectivity index (χ0n) is 9.89. The van der Waals surface area contributed by atoms with Gasteiger partial charge in [0.05, 0.1) is 5.03 Å². The van der Waals surface area contributed by atoms with E-state index in [1.165, 1.54) is 5.39 Å². The Bertz CT molecular complexity index is 718. The number of halogens is 1. The van der Waals surface area contributed by atoms with Crippen LogP contribution in [0.25, 0.3) is 10.9 Å². The maximum Gasteiger partial charge on any atom is 0.151 e. The molecular weight excluding hydrogens is 322 g/mol. The molecule has 0 radical (unpaired) electrons. The summed E-state index contributed by atoms with van der Waals surface area (Å²) < 4.78 is 0.969. The summed E-state index contributed by atoms with van der Waals surface area (Å²) >= 11 is 5.00. The Balaban J connectivity index is 2.00. The third-order valence-corrected chi connectivity index (χ3v) is 4.33. The van der Waals surface area contributed by atoms with Crippen molar-refractivity contribution in [1.29, 1.82) is 0 Å². The fraction of sp³-hybridized carbons (Fsp3) is 0. The maximum atomic E-state index is 11.1. The summed E-state index contributed by atoms with van der Waals surface area (Å²) in [5.74, 6) is 0. The van der Waals surface area contributed by atoms with Gasteiger partial charge >= 0.3 is 0 Å². The topological polar surface area (TPSA) is 32.9 Å². The molecule has 1 aromatic heterocycles. The van der Waals surface area contributed by atoms with E-state index in [0.29, 0.717) is 5.56 Å². The van der Waals surface area contributed by atoms with Crippen molar-refractivity contribution in [2.45, 2.75) is 9.92 Å². The van der Waals surface area contributed by atoms with Gasteiger partial charge in [0.15, 0.2) is 6.29 Å². The highest BCUT2D eigenvalue weighted by molar-refractivity contribution is 9.10.